The molecule has 2 aromatic heterocycles. The van der Waals surface area contributed by atoms with Gasteiger partial charge in [-0.3, -0.25) is 14.5 Å². The second-order valence-corrected chi connectivity index (χ2v) is 9.74. The third kappa shape index (κ3) is 3.70. The van der Waals surface area contributed by atoms with Gasteiger partial charge in [-0.25, -0.2) is 4.98 Å². The molecule has 1 saturated heterocycles. The molecule has 8 heteroatoms. The molecule has 0 spiro atoms. The van der Waals surface area contributed by atoms with Crippen molar-refractivity contribution >= 4 is 44.1 Å². The number of Topliss-reactive ketones (excluding diaryl/α,β-unsaturated/α-hetero) is 1. The second-order valence-electron chi connectivity index (χ2n) is 8.73. The number of aryl methyl sites for hydroxylation is 4. The maximum Gasteiger partial charge on any atom is 0.302 e. The minimum atomic E-state index is -0.951. The number of aliphatic hydroxyl groups is 1. The monoisotopic (exact) mass is 488 g/mol. The van der Waals surface area contributed by atoms with Crippen molar-refractivity contribution in [1.82, 2.24) is 4.98 Å². The van der Waals surface area contributed by atoms with Gasteiger partial charge in [0.2, 0.25) is 0 Å². The van der Waals surface area contributed by atoms with Crippen LogP contribution in [0.5, 0.6) is 5.75 Å². The zero-order chi connectivity index (χ0) is 25.0. The molecule has 0 saturated carbocycles. The molecule has 1 amide bonds. The Morgan fingerprint density at radius 2 is 1.83 bits per heavy atom. The first-order valence-corrected chi connectivity index (χ1v) is 11.9. The number of carbonyl (C=O) groups excluding carboxylic acids is 2. The smallest absolute Gasteiger partial charge is 0.302 e. The number of amides is 1. The van der Waals surface area contributed by atoms with Crippen LogP contribution in [0.4, 0.5) is 5.13 Å². The van der Waals surface area contributed by atoms with E-state index in [0.29, 0.717) is 28.0 Å². The van der Waals surface area contributed by atoms with Crippen molar-refractivity contribution < 1.29 is 23.8 Å². The second kappa shape index (κ2) is 8.39. The highest BCUT2D eigenvalue weighted by molar-refractivity contribution is 7.22. The van der Waals surface area contributed by atoms with Gasteiger partial charge in [-0.15, -0.1) is 0 Å². The van der Waals surface area contributed by atoms with Gasteiger partial charge in [0.05, 0.1) is 22.9 Å². The number of ether oxygens (including phenoxy) is 1. The Morgan fingerprint density at radius 1 is 1.06 bits per heavy atom. The van der Waals surface area contributed by atoms with Gasteiger partial charge in [0, 0.05) is 5.56 Å². The van der Waals surface area contributed by atoms with Crippen LogP contribution in [0.25, 0.3) is 16.0 Å². The van der Waals surface area contributed by atoms with E-state index < -0.39 is 17.7 Å². The highest BCUT2D eigenvalue weighted by atomic mass is 32.1. The van der Waals surface area contributed by atoms with Crippen LogP contribution in [0.1, 0.15) is 39.8 Å². The van der Waals surface area contributed by atoms with Crippen molar-refractivity contribution in [3.05, 3.63) is 81.8 Å². The predicted molar refractivity (Wildman–Crippen MR) is 135 cm³/mol. The molecule has 1 aliphatic rings. The van der Waals surface area contributed by atoms with E-state index in [0.717, 1.165) is 26.9 Å². The molecule has 178 valence electrons. The van der Waals surface area contributed by atoms with Crippen LogP contribution in [0.2, 0.25) is 0 Å². The summed E-state index contributed by atoms with van der Waals surface area (Å²) in [4.78, 5) is 32.8. The summed E-state index contributed by atoms with van der Waals surface area (Å²) in [7, 11) is 1.56. The first-order valence-electron chi connectivity index (χ1n) is 11.1. The number of ketones is 1. The minimum absolute atomic E-state index is 0.0407. The number of benzene rings is 2. The molecule has 1 atom stereocenters. The third-order valence-corrected chi connectivity index (χ3v) is 7.17. The van der Waals surface area contributed by atoms with Crippen molar-refractivity contribution in [1.29, 1.82) is 0 Å². The maximum atomic E-state index is 13.4. The highest BCUT2D eigenvalue weighted by Gasteiger charge is 2.49. The molecule has 2 aromatic carbocycles. The Kier molecular flexibility index (Phi) is 5.48. The number of furan rings is 1. The molecule has 4 aromatic rings. The van der Waals surface area contributed by atoms with Crippen LogP contribution in [-0.2, 0) is 9.59 Å². The van der Waals surface area contributed by atoms with Crippen LogP contribution in [0, 0.1) is 27.7 Å². The molecule has 7 nitrogen and oxygen atoms in total. The normalized spacial score (nSPS) is 17.5. The van der Waals surface area contributed by atoms with E-state index >= 15 is 0 Å². The molecule has 5 rings (SSSR count). The molecule has 3 heterocycles. The lowest BCUT2D eigenvalue weighted by Gasteiger charge is -2.20. The van der Waals surface area contributed by atoms with Crippen molar-refractivity contribution in [3.63, 3.8) is 0 Å². The SMILES string of the molecule is COc1ccc(/C(O)=C2\C(=O)C(=O)N(c3nc4c(C)cc(C)cc4s3)C2c2ccc(C)o2)cc1C. The van der Waals surface area contributed by atoms with Crippen molar-refractivity contribution in [2.45, 2.75) is 33.7 Å². The first kappa shape index (κ1) is 22.9. The molecule has 1 aliphatic heterocycles. The van der Waals surface area contributed by atoms with E-state index in [1.54, 1.807) is 44.4 Å². The Morgan fingerprint density at radius 3 is 2.49 bits per heavy atom. The van der Waals surface area contributed by atoms with E-state index in [4.69, 9.17) is 14.1 Å². The number of methoxy groups -OCH3 is 1. The summed E-state index contributed by atoms with van der Waals surface area (Å²) >= 11 is 1.33. The molecule has 35 heavy (non-hydrogen) atoms. The number of hydrogen-bond acceptors (Lipinski definition) is 7. The molecule has 0 radical (unpaired) electrons. The van der Waals surface area contributed by atoms with Crippen LogP contribution >= 0.6 is 11.3 Å². The number of fused-ring (bicyclic) bond motifs is 1. The molecule has 1 N–H and O–H groups in total. The van der Waals surface area contributed by atoms with Crippen LogP contribution in [0.3, 0.4) is 0 Å². The van der Waals surface area contributed by atoms with Crippen molar-refractivity contribution in [2.75, 3.05) is 12.0 Å². The van der Waals surface area contributed by atoms with Crippen LogP contribution < -0.4 is 9.64 Å². The maximum absolute atomic E-state index is 13.4. The largest absolute Gasteiger partial charge is 0.507 e. The number of rotatable bonds is 4. The van der Waals surface area contributed by atoms with Crippen molar-refractivity contribution in [2.24, 2.45) is 0 Å². The fourth-order valence-corrected chi connectivity index (χ4v) is 5.71. The fraction of sp³-hybridized carbons (Fsp3) is 0.222. The summed E-state index contributed by atoms with van der Waals surface area (Å²) in [6.45, 7) is 7.59. The lowest BCUT2D eigenvalue weighted by Crippen LogP contribution is -2.29. The van der Waals surface area contributed by atoms with E-state index in [1.807, 2.05) is 32.9 Å². The summed E-state index contributed by atoms with van der Waals surface area (Å²) < 4.78 is 12.1. The third-order valence-electron chi connectivity index (χ3n) is 6.17. The molecule has 0 bridgehead atoms. The van der Waals surface area contributed by atoms with Crippen molar-refractivity contribution in [3.8, 4) is 5.75 Å². The molecule has 1 unspecified atom stereocenters. The number of carbonyl (C=O) groups is 2. The Bertz CT molecular complexity index is 1540. The summed E-state index contributed by atoms with van der Waals surface area (Å²) in [6, 6.07) is 11.6. The van der Waals surface area contributed by atoms with Gasteiger partial charge in [-0.1, -0.05) is 17.4 Å². The standard InChI is InChI=1S/C27H24N2O5S/c1-13-10-15(3)22-20(11-13)35-27(28-22)29-23(19-8-6-16(4)34-19)21(25(31)26(29)32)24(30)17-7-9-18(33-5)14(2)12-17/h6-12,23,30H,1-5H3/b24-21+. The van der Waals surface area contributed by atoms with Gasteiger partial charge in [-0.05, 0) is 80.8 Å². The number of aliphatic hydroxyl groups excluding tert-OH is 1. The summed E-state index contributed by atoms with van der Waals surface area (Å²) in [5.74, 6) is -0.169. The van der Waals surface area contributed by atoms with E-state index in [9.17, 15) is 14.7 Å². The van der Waals surface area contributed by atoms with Crippen LogP contribution in [-0.4, -0.2) is 28.9 Å². The van der Waals surface area contributed by atoms with Gasteiger partial charge < -0.3 is 14.3 Å². The number of nitrogens with zero attached hydrogens (tertiary/aromatic N) is 2. The van der Waals surface area contributed by atoms with Gasteiger partial charge in [0.15, 0.2) is 5.13 Å². The topological polar surface area (TPSA) is 92.9 Å². The van der Waals surface area contributed by atoms with Gasteiger partial charge in [-0.2, -0.15) is 0 Å². The predicted octanol–water partition coefficient (Wildman–Crippen LogP) is 5.76. The highest BCUT2D eigenvalue weighted by Crippen LogP contribution is 2.45. The molecular formula is C27H24N2O5S. The fourth-order valence-electron chi connectivity index (χ4n) is 4.54. The average molecular weight is 489 g/mol. The summed E-state index contributed by atoms with van der Waals surface area (Å²) in [5.41, 5.74) is 4.00. The summed E-state index contributed by atoms with van der Waals surface area (Å²) in [5, 5.41) is 11.7. The zero-order valence-electron chi connectivity index (χ0n) is 20.0. The lowest BCUT2D eigenvalue weighted by molar-refractivity contribution is -0.132. The zero-order valence-corrected chi connectivity index (χ0v) is 20.8. The van der Waals surface area contributed by atoms with Crippen LogP contribution in [0.15, 0.2) is 52.5 Å². The molecular weight excluding hydrogens is 464 g/mol. The Balaban J connectivity index is 1.72. The van der Waals surface area contributed by atoms with E-state index in [2.05, 4.69) is 0 Å². The minimum Gasteiger partial charge on any atom is -0.507 e. The Labute approximate surface area is 206 Å². The number of thiazole rings is 1. The van der Waals surface area contributed by atoms with Gasteiger partial charge in [0.25, 0.3) is 5.78 Å². The Hall–Kier alpha value is -3.91. The number of hydrogen-bond donors (Lipinski definition) is 1. The number of aromatic nitrogens is 1. The quantitative estimate of drug-likeness (QED) is 0.223. The van der Waals surface area contributed by atoms with Gasteiger partial charge in [0.1, 0.15) is 29.1 Å². The average Bonchev–Trinajstić information content (AvgIpc) is 3.49. The van der Waals surface area contributed by atoms with E-state index in [1.165, 1.54) is 16.2 Å². The first-order chi connectivity index (χ1) is 16.7. The molecule has 1 fully saturated rings. The number of anilines is 1. The van der Waals surface area contributed by atoms with E-state index in [-0.39, 0.29) is 11.3 Å². The lowest BCUT2D eigenvalue weighted by atomic mass is 9.98. The summed E-state index contributed by atoms with van der Waals surface area (Å²) in [6.07, 6.45) is 0. The molecule has 0 aliphatic carbocycles. The van der Waals surface area contributed by atoms with Gasteiger partial charge >= 0.3 is 5.91 Å².